The molecule has 2 aliphatic rings. The zero-order chi connectivity index (χ0) is 14.7. The van der Waals surface area contributed by atoms with Crippen molar-refractivity contribution in [3.05, 3.63) is 12.2 Å². The summed E-state index contributed by atoms with van der Waals surface area (Å²) in [6, 6.07) is -1.40. The number of nitrogens with one attached hydrogen (secondary N) is 1. The van der Waals surface area contributed by atoms with Gasteiger partial charge < -0.3 is 10.0 Å². The number of carbonyl (C=O) groups is 2. The highest BCUT2D eigenvalue weighted by Gasteiger charge is 2.69. The van der Waals surface area contributed by atoms with Crippen molar-refractivity contribution in [2.75, 3.05) is 0 Å². The van der Waals surface area contributed by atoms with Crippen molar-refractivity contribution >= 4 is 21.7 Å². The molecule has 0 aliphatic carbocycles. The predicted octanol–water partition coefficient (Wildman–Crippen LogP) is -1.45. The number of aliphatic carboxylic acids is 1. The van der Waals surface area contributed by atoms with Crippen LogP contribution in [0.4, 0.5) is 0 Å². The van der Waals surface area contributed by atoms with Gasteiger partial charge in [-0.25, -0.2) is 18.2 Å². The number of carboxylic acids is 1. The number of sulfone groups is 1. The van der Waals surface area contributed by atoms with E-state index in [0.29, 0.717) is 0 Å². The molecule has 0 aromatic carbocycles. The lowest BCUT2D eigenvalue weighted by atomic mass is 9.93. The van der Waals surface area contributed by atoms with E-state index in [2.05, 4.69) is 15.2 Å². The summed E-state index contributed by atoms with van der Waals surface area (Å²) < 4.78 is 23.5. The molecular formula is C10H12N4O5S. The third-order valence-corrected chi connectivity index (χ3v) is 6.81. The monoisotopic (exact) mass is 300 g/mol. The van der Waals surface area contributed by atoms with Crippen molar-refractivity contribution in [2.24, 2.45) is 0 Å². The number of H-pyrrole nitrogens is 1. The quantitative estimate of drug-likeness (QED) is 0.652. The lowest BCUT2D eigenvalue weighted by Gasteiger charge is -2.35. The largest absolute Gasteiger partial charge is 0.480 e. The van der Waals surface area contributed by atoms with Gasteiger partial charge >= 0.3 is 5.97 Å². The molecule has 3 atom stereocenters. The van der Waals surface area contributed by atoms with Gasteiger partial charge in [0.1, 0.15) is 22.3 Å². The smallest absolute Gasteiger partial charge is 0.328 e. The first kappa shape index (κ1) is 13.0. The summed E-state index contributed by atoms with van der Waals surface area (Å²) in [6.07, 6.45) is 0.931. The highest BCUT2D eigenvalue weighted by Crippen LogP contribution is 2.47. The maximum Gasteiger partial charge on any atom is 0.328 e. The van der Waals surface area contributed by atoms with Gasteiger partial charge in [-0.05, 0) is 6.92 Å². The van der Waals surface area contributed by atoms with Crippen LogP contribution < -0.4 is 0 Å². The Bertz CT molecular complexity index is 685. The van der Waals surface area contributed by atoms with Crippen LogP contribution in [-0.4, -0.2) is 61.6 Å². The Balaban J connectivity index is 2.10. The third-order valence-electron chi connectivity index (χ3n) is 4.03. The third kappa shape index (κ3) is 1.39. The molecule has 3 unspecified atom stereocenters. The lowest BCUT2D eigenvalue weighted by molar-refractivity contribution is -0.157. The number of fused-ring (bicyclic) bond motifs is 1. The van der Waals surface area contributed by atoms with Gasteiger partial charge in [0.05, 0.1) is 6.42 Å². The van der Waals surface area contributed by atoms with Crippen molar-refractivity contribution in [3.8, 4) is 0 Å². The fourth-order valence-corrected chi connectivity index (χ4v) is 5.34. The van der Waals surface area contributed by atoms with E-state index in [4.69, 9.17) is 0 Å². The van der Waals surface area contributed by atoms with Crippen LogP contribution in [0.3, 0.4) is 0 Å². The Kier molecular flexibility index (Phi) is 2.46. The Labute approximate surface area is 113 Å². The summed E-state index contributed by atoms with van der Waals surface area (Å²) in [5, 5.41) is 14.5. The molecule has 3 rings (SSSR count). The Hall–Kier alpha value is -1.97. The van der Waals surface area contributed by atoms with Crippen LogP contribution in [0.5, 0.6) is 0 Å². The fourth-order valence-electron chi connectivity index (χ4n) is 2.96. The molecule has 20 heavy (non-hydrogen) atoms. The molecule has 1 aromatic rings. The molecule has 1 amide bonds. The number of rotatable bonds is 3. The van der Waals surface area contributed by atoms with E-state index in [1.165, 1.54) is 13.3 Å². The van der Waals surface area contributed by atoms with E-state index in [9.17, 15) is 23.1 Å². The number of hydrogen-bond acceptors (Lipinski definition) is 6. The van der Waals surface area contributed by atoms with Crippen LogP contribution in [0.15, 0.2) is 6.33 Å². The minimum Gasteiger partial charge on any atom is -0.480 e. The average Bonchev–Trinajstić information content (AvgIpc) is 2.87. The first-order chi connectivity index (χ1) is 9.29. The highest BCUT2D eigenvalue weighted by molar-refractivity contribution is 7.93. The number of aromatic amines is 1. The average molecular weight is 300 g/mol. The zero-order valence-corrected chi connectivity index (χ0v) is 11.3. The van der Waals surface area contributed by atoms with Gasteiger partial charge in [0.15, 0.2) is 15.9 Å². The van der Waals surface area contributed by atoms with Crippen molar-refractivity contribution < 1.29 is 23.1 Å². The summed E-state index contributed by atoms with van der Waals surface area (Å²) in [4.78, 5) is 27.8. The van der Waals surface area contributed by atoms with Crippen LogP contribution in [0.25, 0.3) is 0 Å². The van der Waals surface area contributed by atoms with Gasteiger partial charge in [0.2, 0.25) is 5.91 Å². The maximum atomic E-state index is 12.5. The molecular weight excluding hydrogens is 288 g/mol. The molecule has 3 heterocycles. The molecule has 0 spiro atoms. The number of amides is 1. The van der Waals surface area contributed by atoms with Gasteiger partial charge in [0.25, 0.3) is 0 Å². The second-order valence-corrected chi connectivity index (χ2v) is 7.73. The van der Waals surface area contributed by atoms with Crippen molar-refractivity contribution in [1.82, 2.24) is 20.1 Å². The van der Waals surface area contributed by atoms with E-state index in [0.717, 1.165) is 4.90 Å². The normalized spacial score (nSPS) is 34.6. The van der Waals surface area contributed by atoms with Gasteiger partial charge in [-0.3, -0.25) is 9.89 Å². The molecule has 0 bridgehead atoms. The number of carbonyl (C=O) groups excluding carboxylic acids is 1. The molecule has 2 fully saturated rings. The molecule has 108 valence electrons. The van der Waals surface area contributed by atoms with Crippen LogP contribution in [0, 0.1) is 0 Å². The lowest BCUT2D eigenvalue weighted by Crippen LogP contribution is -2.57. The topological polar surface area (TPSA) is 133 Å². The van der Waals surface area contributed by atoms with Gasteiger partial charge in [-0.2, -0.15) is 5.10 Å². The van der Waals surface area contributed by atoms with Crippen LogP contribution in [-0.2, 0) is 25.8 Å². The summed E-state index contributed by atoms with van der Waals surface area (Å²) in [5.74, 6) is -1.50. The molecule has 2 saturated heterocycles. The first-order valence-electron chi connectivity index (χ1n) is 5.90. The van der Waals surface area contributed by atoms with E-state index >= 15 is 0 Å². The van der Waals surface area contributed by atoms with Crippen LogP contribution in [0.2, 0.25) is 0 Å². The van der Waals surface area contributed by atoms with Gasteiger partial charge in [0, 0.05) is 6.42 Å². The van der Waals surface area contributed by atoms with Gasteiger partial charge in [-0.15, -0.1) is 0 Å². The standard InChI is InChI=1S/C10H12N4O5S/c1-10(3-5-11-4-12-13-5)8(9(16)17)14-6(15)2-7(14)20(10,18)19/h4,7-8H,2-3H2,1H3,(H,16,17)(H,11,12,13). The summed E-state index contributed by atoms with van der Waals surface area (Å²) in [6.45, 7) is 1.34. The Morgan fingerprint density at radius 2 is 2.35 bits per heavy atom. The molecule has 2 aliphatic heterocycles. The summed E-state index contributed by atoms with van der Waals surface area (Å²) in [7, 11) is -3.79. The minimum absolute atomic E-state index is 0.132. The van der Waals surface area contributed by atoms with Crippen molar-refractivity contribution in [2.45, 2.75) is 35.9 Å². The summed E-state index contributed by atoms with van der Waals surface area (Å²) in [5.41, 5.74) is 0. The SMILES string of the molecule is CC1(Cc2ncn[nH]2)C(C(=O)O)N2C(=O)CC2S1(=O)=O. The van der Waals surface area contributed by atoms with E-state index < -0.39 is 37.9 Å². The zero-order valence-electron chi connectivity index (χ0n) is 10.5. The number of β-lactam (4-membered cyclic amide) rings is 1. The number of aromatic nitrogens is 3. The number of nitrogens with zero attached hydrogens (tertiary/aromatic N) is 3. The Morgan fingerprint density at radius 3 is 2.85 bits per heavy atom. The number of hydrogen-bond donors (Lipinski definition) is 2. The van der Waals surface area contributed by atoms with E-state index in [-0.39, 0.29) is 18.7 Å². The van der Waals surface area contributed by atoms with E-state index in [1.807, 2.05) is 0 Å². The van der Waals surface area contributed by atoms with Crippen LogP contribution in [0.1, 0.15) is 19.2 Å². The van der Waals surface area contributed by atoms with Crippen molar-refractivity contribution in [1.29, 1.82) is 0 Å². The molecule has 1 aromatic heterocycles. The van der Waals surface area contributed by atoms with Gasteiger partial charge in [-0.1, -0.05) is 0 Å². The minimum atomic E-state index is -3.79. The first-order valence-corrected chi connectivity index (χ1v) is 7.45. The van der Waals surface area contributed by atoms with Crippen molar-refractivity contribution in [3.63, 3.8) is 0 Å². The van der Waals surface area contributed by atoms with Crippen LogP contribution >= 0.6 is 0 Å². The Morgan fingerprint density at radius 1 is 1.65 bits per heavy atom. The number of carboxylic acid groups (broad SMARTS) is 1. The molecule has 0 saturated carbocycles. The fraction of sp³-hybridized carbons (Fsp3) is 0.600. The molecule has 2 N–H and O–H groups in total. The maximum absolute atomic E-state index is 12.5. The second kappa shape index (κ2) is 3.78. The van der Waals surface area contributed by atoms with E-state index in [1.54, 1.807) is 0 Å². The molecule has 10 heteroatoms. The molecule has 9 nitrogen and oxygen atoms in total. The predicted molar refractivity (Wildman–Crippen MR) is 64.1 cm³/mol. The second-order valence-electron chi connectivity index (χ2n) is 5.17. The summed E-state index contributed by atoms with van der Waals surface area (Å²) >= 11 is 0. The molecule has 0 radical (unpaired) electrons. The highest BCUT2D eigenvalue weighted by atomic mass is 32.2.